The quantitative estimate of drug-likeness (QED) is 0.430. The number of likely N-dealkylation sites (tertiary alicyclic amines) is 1. The van der Waals surface area contributed by atoms with Crippen LogP contribution in [0.3, 0.4) is 0 Å². The lowest BCUT2D eigenvalue weighted by molar-refractivity contribution is -0.120. The summed E-state index contributed by atoms with van der Waals surface area (Å²) in [5.41, 5.74) is 2.04. The summed E-state index contributed by atoms with van der Waals surface area (Å²) in [6.45, 7) is 5.74. The van der Waals surface area contributed by atoms with Crippen LogP contribution in [0, 0.1) is 5.82 Å². The van der Waals surface area contributed by atoms with Crippen LogP contribution >= 0.6 is 0 Å². The van der Waals surface area contributed by atoms with Crippen LogP contribution in [-0.4, -0.2) is 49.5 Å². The molecular formula is C23H29FN4O. The van der Waals surface area contributed by atoms with Gasteiger partial charge in [-0.2, -0.15) is 0 Å². The molecule has 0 radical (unpaired) electrons. The second kappa shape index (κ2) is 10.6. The van der Waals surface area contributed by atoms with Crippen molar-refractivity contribution in [2.24, 2.45) is 4.99 Å². The average Bonchev–Trinajstić information content (AvgIpc) is 3.21. The zero-order valence-corrected chi connectivity index (χ0v) is 16.9. The molecule has 3 rings (SSSR count). The molecule has 0 aliphatic carbocycles. The van der Waals surface area contributed by atoms with E-state index in [-0.39, 0.29) is 18.1 Å². The Morgan fingerprint density at radius 3 is 2.76 bits per heavy atom. The highest BCUT2D eigenvalue weighted by molar-refractivity contribution is 5.80. The number of amides is 1. The number of nitrogens with zero attached hydrogens (tertiary/aromatic N) is 2. The second-order valence-corrected chi connectivity index (χ2v) is 7.23. The van der Waals surface area contributed by atoms with E-state index in [4.69, 9.17) is 0 Å². The lowest BCUT2D eigenvalue weighted by atomic mass is 9.99. The number of benzene rings is 2. The zero-order valence-electron chi connectivity index (χ0n) is 16.9. The number of halogens is 1. The standard InChI is InChI=1S/C23H29FN4O/c1-2-25-23(28-14-11-20(17-28)19-8-4-3-5-9-19)27-13-12-26-22(29)16-18-7-6-10-21(24)15-18/h3-10,15,20H,2,11-14,16-17H2,1H3,(H,25,27)(H,26,29). The van der Waals surface area contributed by atoms with Crippen LogP contribution in [0.4, 0.5) is 4.39 Å². The number of aliphatic imine (C=N–C) groups is 1. The Labute approximate surface area is 172 Å². The van der Waals surface area contributed by atoms with Crippen molar-refractivity contribution in [2.75, 3.05) is 32.7 Å². The van der Waals surface area contributed by atoms with Crippen LogP contribution in [0.5, 0.6) is 0 Å². The van der Waals surface area contributed by atoms with E-state index in [1.807, 2.05) is 6.07 Å². The van der Waals surface area contributed by atoms with E-state index < -0.39 is 0 Å². The van der Waals surface area contributed by atoms with Gasteiger partial charge in [0.25, 0.3) is 0 Å². The molecule has 154 valence electrons. The van der Waals surface area contributed by atoms with Crippen molar-refractivity contribution in [3.8, 4) is 0 Å². The first-order valence-electron chi connectivity index (χ1n) is 10.2. The van der Waals surface area contributed by atoms with Gasteiger partial charge in [-0.25, -0.2) is 4.39 Å². The molecule has 2 N–H and O–H groups in total. The Hall–Kier alpha value is -2.89. The van der Waals surface area contributed by atoms with Crippen LogP contribution in [0.2, 0.25) is 0 Å². The number of carbonyl (C=O) groups excluding carboxylic acids is 1. The summed E-state index contributed by atoms with van der Waals surface area (Å²) in [7, 11) is 0. The normalized spacial score (nSPS) is 16.7. The third kappa shape index (κ3) is 6.31. The van der Waals surface area contributed by atoms with Crippen LogP contribution in [0.25, 0.3) is 0 Å². The van der Waals surface area contributed by atoms with Gasteiger partial charge in [0.1, 0.15) is 5.82 Å². The molecule has 2 aromatic carbocycles. The molecule has 1 amide bonds. The fourth-order valence-corrected chi connectivity index (χ4v) is 3.63. The summed E-state index contributed by atoms with van der Waals surface area (Å²) < 4.78 is 13.2. The molecular weight excluding hydrogens is 367 g/mol. The van der Waals surface area contributed by atoms with E-state index in [2.05, 4.69) is 51.7 Å². The summed E-state index contributed by atoms with van der Waals surface area (Å²) >= 11 is 0. The molecule has 1 aliphatic rings. The van der Waals surface area contributed by atoms with Gasteiger partial charge in [0.15, 0.2) is 5.96 Å². The van der Waals surface area contributed by atoms with Crippen molar-refractivity contribution in [1.29, 1.82) is 0 Å². The van der Waals surface area contributed by atoms with E-state index in [0.717, 1.165) is 32.0 Å². The molecule has 1 aliphatic heterocycles. The Morgan fingerprint density at radius 1 is 1.17 bits per heavy atom. The summed E-state index contributed by atoms with van der Waals surface area (Å²) in [4.78, 5) is 19.0. The predicted octanol–water partition coefficient (Wildman–Crippen LogP) is 2.94. The van der Waals surface area contributed by atoms with Gasteiger partial charge in [-0.05, 0) is 36.6 Å². The largest absolute Gasteiger partial charge is 0.357 e. The molecule has 1 unspecified atom stereocenters. The van der Waals surface area contributed by atoms with E-state index >= 15 is 0 Å². The Bertz CT molecular complexity index is 825. The monoisotopic (exact) mass is 396 g/mol. The van der Waals surface area contributed by atoms with E-state index in [1.54, 1.807) is 12.1 Å². The van der Waals surface area contributed by atoms with Crippen molar-refractivity contribution < 1.29 is 9.18 Å². The lowest BCUT2D eigenvalue weighted by Gasteiger charge is -2.22. The van der Waals surface area contributed by atoms with Gasteiger partial charge in [-0.15, -0.1) is 0 Å². The molecule has 29 heavy (non-hydrogen) atoms. The van der Waals surface area contributed by atoms with Crippen LogP contribution in [-0.2, 0) is 11.2 Å². The molecule has 1 saturated heterocycles. The van der Waals surface area contributed by atoms with Crippen molar-refractivity contribution >= 4 is 11.9 Å². The maximum atomic E-state index is 13.2. The highest BCUT2D eigenvalue weighted by Crippen LogP contribution is 2.26. The molecule has 2 aromatic rings. The van der Waals surface area contributed by atoms with Crippen molar-refractivity contribution in [3.63, 3.8) is 0 Å². The van der Waals surface area contributed by atoms with E-state index in [9.17, 15) is 9.18 Å². The fraction of sp³-hybridized carbons (Fsp3) is 0.391. The maximum absolute atomic E-state index is 13.2. The van der Waals surface area contributed by atoms with Gasteiger partial charge in [0.05, 0.1) is 13.0 Å². The van der Waals surface area contributed by atoms with Gasteiger partial charge < -0.3 is 15.5 Å². The Balaban J connectivity index is 1.47. The van der Waals surface area contributed by atoms with Gasteiger partial charge in [-0.1, -0.05) is 42.5 Å². The zero-order chi connectivity index (χ0) is 20.5. The summed E-state index contributed by atoms with van der Waals surface area (Å²) in [5, 5.41) is 6.21. The second-order valence-electron chi connectivity index (χ2n) is 7.23. The number of carbonyl (C=O) groups is 1. The van der Waals surface area contributed by atoms with Crippen LogP contribution in [0.15, 0.2) is 59.6 Å². The third-order valence-corrected chi connectivity index (χ3v) is 5.04. The van der Waals surface area contributed by atoms with Gasteiger partial charge in [0.2, 0.25) is 5.91 Å². The van der Waals surface area contributed by atoms with Crippen molar-refractivity contribution in [2.45, 2.75) is 25.7 Å². The number of hydrogen-bond acceptors (Lipinski definition) is 2. The smallest absolute Gasteiger partial charge is 0.224 e. The van der Waals surface area contributed by atoms with Crippen LogP contribution < -0.4 is 10.6 Å². The third-order valence-electron chi connectivity index (χ3n) is 5.04. The molecule has 6 heteroatoms. The topological polar surface area (TPSA) is 56.7 Å². The Kier molecular flexibility index (Phi) is 7.61. The highest BCUT2D eigenvalue weighted by Gasteiger charge is 2.25. The maximum Gasteiger partial charge on any atom is 0.224 e. The molecule has 1 heterocycles. The first-order chi connectivity index (χ1) is 14.2. The molecule has 0 spiro atoms. The molecule has 1 fully saturated rings. The molecule has 0 saturated carbocycles. The highest BCUT2D eigenvalue weighted by atomic mass is 19.1. The summed E-state index contributed by atoms with van der Waals surface area (Å²) in [6.07, 6.45) is 1.28. The average molecular weight is 397 g/mol. The van der Waals surface area contributed by atoms with E-state index in [1.165, 1.54) is 17.7 Å². The first kappa shape index (κ1) is 20.8. The predicted molar refractivity (Wildman–Crippen MR) is 114 cm³/mol. The van der Waals surface area contributed by atoms with Gasteiger partial charge >= 0.3 is 0 Å². The number of hydrogen-bond donors (Lipinski definition) is 2. The first-order valence-corrected chi connectivity index (χ1v) is 10.2. The molecule has 0 aromatic heterocycles. The fourth-order valence-electron chi connectivity index (χ4n) is 3.63. The minimum absolute atomic E-state index is 0.124. The summed E-state index contributed by atoms with van der Waals surface area (Å²) in [6, 6.07) is 16.7. The van der Waals surface area contributed by atoms with E-state index in [0.29, 0.717) is 24.6 Å². The minimum atomic E-state index is -0.324. The molecule has 5 nitrogen and oxygen atoms in total. The molecule has 1 atom stereocenters. The van der Waals surface area contributed by atoms with Crippen LogP contribution in [0.1, 0.15) is 30.4 Å². The number of guanidine groups is 1. The molecule has 0 bridgehead atoms. The SMILES string of the molecule is CCNC(=NCCNC(=O)Cc1cccc(F)c1)N1CCC(c2ccccc2)C1. The summed E-state index contributed by atoms with van der Waals surface area (Å²) in [5.74, 6) is 0.965. The number of rotatable bonds is 7. The lowest BCUT2D eigenvalue weighted by Crippen LogP contribution is -2.40. The van der Waals surface area contributed by atoms with Crippen molar-refractivity contribution in [1.82, 2.24) is 15.5 Å². The van der Waals surface area contributed by atoms with Crippen molar-refractivity contribution in [3.05, 3.63) is 71.5 Å². The Morgan fingerprint density at radius 2 is 2.00 bits per heavy atom. The van der Waals surface area contributed by atoms with Gasteiger partial charge in [-0.3, -0.25) is 9.79 Å². The number of nitrogens with one attached hydrogen (secondary N) is 2. The minimum Gasteiger partial charge on any atom is -0.357 e. The van der Waals surface area contributed by atoms with Gasteiger partial charge in [0, 0.05) is 32.1 Å².